The largest absolute Gasteiger partial charge is 0.349 e. The minimum atomic E-state index is 0. The van der Waals surface area contributed by atoms with Gasteiger partial charge in [-0.3, -0.25) is 0 Å². The maximum absolute atomic E-state index is 5.31. The van der Waals surface area contributed by atoms with Crippen molar-refractivity contribution < 1.29 is 9.47 Å². The van der Waals surface area contributed by atoms with Crippen LogP contribution in [0.4, 0.5) is 0 Å². The molecule has 0 aromatic heterocycles. The molecule has 0 saturated carbocycles. The Labute approximate surface area is 60.1 Å². The summed E-state index contributed by atoms with van der Waals surface area (Å²) in [4.78, 5) is 0. The standard InChI is InChI=1S/C5H9NO2.ClH/c1-4-3-7-5(8-4)2-6-1;/h4-6H,1-3H2;1H. The molecule has 2 bridgehead atoms. The minimum absolute atomic E-state index is 0. The Kier molecular flexibility index (Phi) is 2.29. The molecule has 0 amide bonds. The highest BCUT2D eigenvalue weighted by Crippen LogP contribution is 2.13. The third-order valence-corrected chi connectivity index (χ3v) is 1.50. The van der Waals surface area contributed by atoms with E-state index in [2.05, 4.69) is 5.32 Å². The lowest BCUT2D eigenvalue weighted by atomic mass is 10.3. The van der Waals surface area contributed by atoms with Crippen LogP contribution in [0.15, 0.2) is 0 Å². The Hall–Kier alpha value is 0.170. The molecule has 2 heterocycles. The van der Waals surface area contributed by atoms with E-state index in [0.29, 0.717) is 6.10 Å². The zero-order valence-corrected chi connectivity index (χ0v) is 5.82. The van der Waals surface area contributed by atoms with Crippen LogP contribution in [0.25, 0.3) is 0 Å². The highest BCUT2D eigenvalue weighted by atomic mass is 35.5. The van der Waals surface area contributed by atoms with Crippen molar-refractivity contribution in [1.29, 1.82) is 0 Å². The molecule has 4 heteroatoms. The zero-order chi connectivity index (χ0) is 5.40. The first-order chi connectivity index (χ1) is 3.95. The number of hydrogen-bond acceptors (Lipinski definition) is 3. The van der Waals surface area contributed by atoms with Crippen LogP contribution in [0.1, 0.15) is 0 Å². The fourth-order valence-corrected chi connectivity index (χ4v) is 1.08. The first-order valence-corrected chi connectivity index (χ1v) is 2.93. The van der Waals surface area contributed by atoms with Crippen LogP contribution in [0.3, 0.4) is 0 Å². The van der Waals surface area contributed by atoms with E-state index in [-0.39, 0.29) is 18.7 Å². The number of fused-ring (bicyclic) bond motifs is 2. The topological polar surface area (TPSA) is 30.5 Å². The highest BCUT2D eigenvalue weighted by molar-refractivity contribution is 5.85. The van der Waals surface area contributed by atoms with Gasteiger partial charge in [-0.15, -0.1) is 12.4 Å². The molecule has 2 aliphatic heterocycles. The van der Waals surface area contributed by atoms with Crippen molar-refractivity contribution in [3.63, 3.8) is 0 Å². The lowest BCUT2D eigenvalue weighted by molar-refractivity contribution is -0.0707. The number of nitrogens with one attached hydrogen (secondary N) is 1. The molecule has 0 radical (unpaired) electrons. The molecule has 3 nitrogen and oxygen atoms in total. The fraction of sp³-hybridized carbons (Fsp3) is 1.00. The van der Waals surface area contributed by atoms with E-state index in [0.717, 1.165) is 19.7 Å². The predicted molar refractivity (Wildman–Crippen MR) is 34.7 cm³/mol. The fourth-order valence-electron chi connectivity index (χ4n) is 1.08. The molecule has 2 aliphatic rings. The Bertz CT molecular complexity index is 87.0. The van der Waals surface area contributed by atoms with Gasteiger partial charge >= 0.3 is 0 Å². The van der Waals surface area contributed by atoms with E-state index in [1.807, 2.05) is 0 Å². The summed E-state index contributed by atoms with van der Waals surface area (Å²) in [7, 11) is 0. The number of rotatable bonds is 0. The van der Waals surface area contributed by atoms with Gasteiger partial charge in [0.25, 0.3) is 0 Å². The monoisotopic (exact) mass is 151 g/mol. The Morgan fingerprint density at radius 1 is 1.33 bits per heavy atom. The summed E-state index contributed by atoms with van der Waals surface area (Å²) in [6, 6.07) is 0. The molecule has 2 unspecified atom stereocenters. The zero-order valence-electron chi connectivity index (χ0n) is 5.00. The van der Waals surface area contributed by atoms with Crippen molar-refractivity contribution in [2.24, 2.45) is 0 Å². The number of morpholine rings is 1. The number of hydrogen-bond donors (Lipinski definition) is 1. The molecule has 0 aliphatic carbocycles. The Balaban J connectivity index is 0.000000405. The normalized spacial score (nSPS) is 40.0. The van der Waals surface area contributed by atoms with Gasteiger partial charge in [-0.25, -0.2) is 0 Å². The first-order valence-electron chi connectivity index (χ1n) is 2.93. The van der Waals surface area contributed by atoms with E-state index in [9.17, 15) is 0 Å². The lowest BCUT2D eigenvalue weighted by Crippen LogP contribution is -2.39. The molecule has 0 aromatic carbocycles. The second-order valence-electron chi connectivity index (χ2n) is 2.18. The molecule has 2 saturated heterocycles. The molecule has 9 heavy (non-hydrogen) atoms. The van der Waals surface area contributed by atoms with Crippen molar-refractivity contribution >= 4 is 12.4 Å². The van der Waals surface area contributed by atoms with E-state index in [4.69, 9.17) is 9.47 Å². The molecule has 2 rings (SSSR count). The molecule has 0 aromatic rings. The summed E-state index contributed by atoms with van der Waals surface area (Å²) >= 11 is 0. The maximum atomic E-state index is 5.31. The summed E-state index contributed by atoms with van der Waals surface area (Å²) in [5.74, 6) is 0. The maximum Gasteiger partial charge on any atom is 0.170 e. The van der Waals surface area contributed by atoms with Gasteiger partial charge in [0.2, 0.25) is 0 Å². The van der Waals surface area contributed by atoms with E-state index in [1.54, 1.807) is 0 Å². The SMILES string of the molecule is C1NCC2OCC1O2.Cl. The van der Waals surface area contributed by atoms with Gasteiger partial charge in [0.05, 0.1) is 12.7 Å². The average Bonchev–Trinajstić information content (AvgIpc) is 2.12. The second-order valence-corrected chi connectivity index (χ2v) is 2.18. The summed E-state index contributed by atoms with van der Waals surface area (Å²) in [5.41, 5.74) is 0. The van der Waals surface area contributed by atoms with E-state index in [1.165, 1.54) is 0 Å². The molecular weight excluding hydrogens is 142 g/mol. The van der Waals surface area contributed by atoms with Gasteiger partial charge in [-0.2, -0.15) is 0 Å². The summed E-state index contributed by atoms with van der Waals surface area (Å²) in [5, 5.41) is 3.20. The van der Waals surface area contributed by atoms with Crippen LogP contribution >= 0.6 is 12.4 Å². The Morgan fingerprint density at radius 2 is 2.22 bits per heavy atom. The Morgan fingerprint density at radius 3 is 2.89 bits per heavy atom. The van der Waals surface area contributed by atoms with Crippen LogP contribution < -0.4 is 5.32 Å². The molecule has 1 N–H and O–H groups in total. The van der Waals surface area contributed by atoms with Gasteiger partial charge in [-0.05, 0) is 0 Å². The third-order valence-electron chi connectivity index (χ3n) is 1.50. The second kappa shape index (κ2) is 2.84. The van der Waals surface area contributed by atoms with E-state index >= 15 is 0 Å². The first kappa shape index (κ1) is 7.28. The molecule has 0 spiro atoms. The third kappa shape index (κ3) is 1.35. The summed E-state index contributed by atoms with van der Waals surface area (Å²) in [6.07, 6.45) is 0.377. The predicted octanol–water partition coefficient (Wildman–Crippen LogP) is -0.247. The molecular formula is C5H10ClNO2. The summed E-state index contributed by atoms with van der Waals surface area (Å²) < 4.78 is 10.5. The average molecular weight is 152 g/mol. The van der Waals surface area contributed by atoms with Crippen molar-refractivity contribution in [1.82, 2.24) is 5.32 Å². The van der Waals surface area contributed by atoms with Crippen molar-refractivity contribution in [3.8, 4) is 0 Å². The lowest BCUT2D eigenvalue weighted by Gasteiger charge is -2.17. The minimum Gasteiger partial charge on any atom is -0.349 e. The van der Waals surface area contributed by atoms with Gasteiger partial charge in [0, 0.05) is 13.1 Å². The van der Waals surface area contributed by atoms with Crippen LogP contribution in [0.5, 0.6) is 0 Å². The van der Waals surface area contributed by atoms with Crippen molar-refractivity contribution in [2.45, 2.75) is 12.4 Å². The molecule has 2 atom stereocenters. The van der Waals surface area contributed by atoms with Gasteiger partial charge < -0.3 is 14.8 Å². The quantitative estimate of drug-likeness (QED) is 0.518. The van der Waals surface area contributed by atoms with E-state index < -0.39 is 0 Å². The number of halogens is 1. The van der Waals surface area contributed by atoms with Gasteiger partial charge in [0.15, 0.2) is 6.29 Å². The molecule has 54 valence electrons. The van der Waals surface area contributed by atoms with Crippen LogP contribution in [-0.2, 0) is 9.47 Å². The summed E-state index contributed by atoms with van der Waals surface area (Å²) in [6.45, 7) is 2.59. The van der Waals surface area contributed by atoms with Crippen LogP contribution in [0, 0.1) is 0 Å². The van der Waals surface area contributed by atoms with Crippen LogP contribution in [0.2, 0.25) is 0 Å². The smallest absolute Gasteiger partial charge is 0.170 e. The van der Waals surface area contributed by atoms with Gasteiger partial charge in [0.1, 0.15) is 0 Å². The highest BCUT2D eigenvalue weighted by Gasteiger charge is 2.29. The molecule has 2 fully saturated rings. The number of ether oxygens (including phenoxy) is 2. The van der Waals surface area contributed by atoms with Crippen LogP contribution in [-0.4, -0.2) is 32.1 Å². The van der Waals surface area contributed by atoms with Crippen molar-refractivity contribution in [3.05, 3.63) is 0 Å². The van der Waals surface area contributed by atoms with Gasteiger partial charge in [-0.1, -0.05) is 0 Å². The van der Waals surface area contributed by atoms with Crippen molar-refractivity contribution in [2.75, 3.05) is 19.7 Å².